The summed E-state index contributed by atoms with van der Waals surface area (Å²) >= 11 is 3.32. The van der Waals surface area contributed by atoms with E-state index in [1.54, 1.807) is 19.2 Å². The Morgan fingerprint density at radius 1 is 1.55 bits per heavy atom. The summed E-state index contributed by atoms with van der Waals surface area (Å²) < 4.78 is 20.2. The molecule has 2 rings (SSSR count). The average molecular weight is 373 g/mol. The summed E-state index contributed by atoms with van der Waals surface area (Å²) in [5.74, 6) is -0.416. The van der Waals surface area contributed by atoms with Crippen molar-refractivity contribution in [2.24, 2.45) is 0 Å². The average Bonchev–Trinajstić information content (AvgIpc) is 2.50. The summed E-state index contributed by atoms with van der Waals surface area (Å²) in [6.45, 7) is 6.41. The van der Waals surface area contributed by atoms with E-state index in [1.807, 2.05) is 0 Å². The topological polar surface area (TPSA) is 32.8 Å². The van der Waals surface area contributed by atoms with Crippen LogP contribution in [0.25, 0.3) is 0 Å². The molecule has 0 spiro atoms. The van der Waals surface area contributed by atoms with Crippen molar-refractivity contribution in [1.29, 1.82) is 0 Å². The maximum Gasteiger partial charge on any atom is 0.253 e. The fraction of sp³-hybridized carbons (Fsp3) is 0.562. The van der Waals surface area contributed by atoms with Gasteiger partial charge in [0.2, 0.25) is 0 Å². The molecule has 1 aromatic rings. The number of likely N-dealkylation sites (N-methyl/N-ethyl adjacent to an activating group) is 1. The van der Waals surface area contributed by atoms with E-state index in [2.05, 4.69) is 34.7 Å². The molecule has 1 amide bonds. The number of hydrogen-bond acceptors (Lipinski definition) is 3. The van der Waals surface area contributed by atoms with Crippen LogP contribution in [0.1, 0.15) is 19.4 Å². The lowest BCUT2D eigenvalue weighted by Gasteiger charge is -2.36. The lowest BCUT2D eigenvalue weighted by Crippen LogP contribution is -2.51. The molecule has 0 aromatic heterocycles. The zero-order valence-electron chi connectivity index (χ0n) is 13.2. The van der Waals surface area contributed by atoms with Crippen LogP contribution >= 0.6 is 15.9 Å². The van der Waals surface area contributed by atoms with Crippen molar-refractivity contribution in [3.8, 4) is 0 Å². The molecular weight excluding hydrogens is 351 g/mol. The van der Waals surface area contributed by atoms with Gasteiger partial charge in [0.05, 0.1) is 6.61 Å². The SMILES string of the molecule is CC(C)N1CCO[C@H](C(=O)N(C)Cc2cc(Br)ccc2F)C1. The van der Waals surface area contributed by atoms with Crippen molar-refractivity contribution < 1.29 is 13.9 Å². The molecule has 122 valence electrons. The molecule has 1 heterocycles. The molecule has 1 atom stereocenters. The van der Waals surface area contributed by atoms with Crippen molar-refractivity contribution in [2.45, 2.75) is 32.5 Å². The highest BCUT2D eigenvalue weighted by Crippen LogP contribution is 2.18. The molecule has 6 heteroatoms. The first-order valence-electron chi connectivity index (χ1n) is 7.43. The first kappa shape index (κ1) is 17.4. The van der Waals surface area contributed by atoms with Gasteiger partial charge in [-0.15, -0.1) is 0 Å². The summed E-state index contributed by atoms with van der Waals surface area (Å²) in [7, 11) is 1.68. The molecule has 1 saturated heterocycles. The summed E-state index contributed by atoms with van der Waals surface area (Å²) in [4.78, 5) is 16.3. The molecule has 0 radical (unpaired) electrons. The Morgan fingerprint density at radius 3 is 2.95 bits per heavy atom. The van der Waals surface area contributed by atoms with E-state index in [9.17, 15) is 9.18 Å². The molecule has 0 aliphatic carbocycles. The van der Waals surface area contributed by atoms with Crippen LogP contribution in [0.2, 0.25) is 0 Å². The maximum absolute atomic E-state index is 13.8. The monoisotopic (exact) mass is 372 g/mol. The highest BCUT2D eigenvalue weighted by atomic mass is 79.9. The summed E-state index contributed by atoms with van der Waals surface area (Å²) in [6.07, 6.45) is -0.476. The standard InChI is InChI=1S/C16H22BrFN2O2/c1-11(2)20-6-7-22-15(10-20)16(21)19(3)9-12-8-13(17)4-5-14(12)18/h4-5,8,11,15H,6-7,9-10H2,1-3H3/t15-/m0/s1. The van der Waals surface area contributed by atoms with Crippen molar-refractivity contribution in [3.63, 3.8) is 0 Å². The number of amides is 1. The first-order valence-corrected chi connectivity index (χ1v) is 8.22. The molecule has 1 aliphatic rings. The van der Waals surface area contributed by atoms with E-state index in [1.165, 1.54) is 11.0 Å². The molecule has 4 nitrogen and oxygen atoms in total. The summed E-state index contributed by atoms with van der Waals surface area (Å²) in [5, 5.41) is 0. The first-order chi connectivity index (χ1) is 10.4. The van der Waals surface area contributed by atoms with Gasteiger partial charge in [-0.25, -0.2) is 4.39 Å². The highest BCUT2D eigenvalue weighted by molar-refractivity contribution is 9.10. The zero-order valence-corrected chi connectivity index (χ0v) is 14.8. The Hall–Kier alpha value is -0.980. The number of ether oxygens (including phenoxy) is 1. The smallest absolute Gasteiger partial charge is 0.253 e. The van der Waals surface area contributed by atoms with Gasteiger partial charge in [0.15, 0.2) is 0 Å². The Morgan fingerprint density at radius 2 is 2.27 bits per heavy atom. The van der Waals surface area contributed by atoms with E-state index in [0.717, 1.165) is 11.0 Å². The van der Waals surface area contributed by atoms with Gasteiger partial charge in [-0.05, 0) is 32.0 Å². The second-order valence-electron chi connectivity index (χ2n) is 5.88. The fourth-order valence-corrected chi connectivity index (χ4v) is 2.94. The predicted octanol–water partition coefficient (Wildman–Crippen LogP) is 2.66. The molecule has 22 heavy (non-hydrogen) atoms. The van der Waals surface area contributed by atoms with Crippen LogP contribution in [0.5, 0.6) is 0 Å². The molecule has 0 saturated carbocycles. The molecule has 0 unspecified atom stereocenters. The van der Waals surface area contributed by atoms with Gasteiger partial charge in [-0.2, -0.15) is 0 Å². The Bertz CT molecular complexity index is 539. The van der Waals surface area contributed by atoms with E-state index in [-0.39, 0.29) is 18.3 Å². The Kier molecular flexibility index (Phi) is 5.94. The van der Waals surface area contributed by atoms with Crippen molar-refractivity contribution >= 4 is 21.8 Å². The van der Waals surface area contributed by atoms with Crippen LogP contribution in [0.4, 0.5) is 4.39 Å². The van der Waals surface area contributed by atoms with Gasteiger partial charge in [0, 0.05) is 42.8 Å². The zero-order chi connectivity index (χ0) is 16.3. The molecule has 1 fully saturated rings. The number of nitrogens with zero attached hydrogens (tertiary/aromatic N) is 2. The van der Waals surface area contributed by atoms with Gasteiger partial charge in [0.25, 0.3) is 5.91 Å². The van der Waals surface area contributed by atoms with Crippen LogP contribution < -0.4 is 0 Å². The van der Waals surface area contributed by atoms with E-state index in [0.29, 0.717) is 24.8 Å². The second kappa shape index (κ2) is 7.53. The minimum atomic E-state index is -0.476. The highest BCUT2D eigenvalue weighted by Gasteiger charge is 2.30. The molecule has 0 N–H and O–H groups in total. The quantitative estimate of drug-likeness (QED) is 0.814. The van der Waals surface area contributed by atoms with Crippen LogP contribution in [-0.2, 0) is 16.1 Å². The molecule has 1 aliphatic heterocycles. The van der Waals surface area contributed by atoms with Gasteiger partial charge in [-0.3, -0.25) is 9.69 Å². The summed E-state index contributed by atoms with van der Waals surface area (Å²) in [5.41, 5.74) is 0.488. The number of halogens is 2. The fourth-order valence-electron chi connectivity index (χ4n) is 2.53. The van der Waals surface area contributed by atoms with E-state index in [4.69, 9.17) is 4.74 Å². The number of benzene rings is 1. The van der Waals surface area contributed by atoms with Crippen LogP contribution in [0.15, 0.2) is 22.7 Å². The normalized spacial score (nSPS) is 19.5. The minimum Gasteiger partial charge on any atom is -0.366 e. The number of carbonyl (C=O) groups excluding carboxylic acids is 1. The molecular formula is C16H22BrFN2O2. The third-order valence-electron chi connectivity index (χ3n) is 3.90. The predicted molar refractivity (Wildman–Crippen MR) is 87.0 cm³/mol. The number of rotatable bonds is 4. The van der Waals surface area contributed by atoms with Crippen LogP contribution in [-0.4, -0.2) is 54.6 Å². The Labute approximate surface area is 139 Å². The molecule has 0 bridgehead atoms. The van der Waals surface area contributed by atoms with Crippen molar-refractivity contribution in [3.05, 3.63) is 34.1 Å². The van der Waals surface area contributed by atoms with Gasteiger partial charge < -0.3 is 9.64 Å². The maximum atomic E-state index is 13.8. The van der Waals surface area contributed by atoms with Gasteiger partial charge in [-0.1, -0.05) is 15.9 Å². The van der Waals surface area contributed by atoms with Gasteiger partial charge >= 0.3 is 0 Å². The van der Waals surface area contributed by atoms with Crippen molar-refractivity contribution in [2.75, 3.05) is 26.7 Å². The largest absolute Gasteiger partial charge is 0.366 e. The van der Waals surface area contributed by atoms with E-state index < -0.39 is 6.10 Å². The van der Waals surface area contributed by atoms with E-state index >= 15 is 0 Å². The van der Waals surface area contributed by atoms with Crippen LogP contribution in [0, 0.1) is 5.82 Å². The Balaban J connectivity index is 2.01. The third kappa shape index (κ3) is 4.27. The lowest BCUT2D eigenvalue weighted by atomic mass is 10.1. The lowest BCUT2D eigenvalue weighted by molar-refractivity contribution is -0.149. The molecule has 1 aromatic carbocycles. The summed E-state index contributed by atoms with van der Waals surface area (Å²) in [6, 6.07) is 5.12. The van der Waals surface area contributed by atoms with Crippen molar-refractivity contribution in [1.82, 2.24) is 9.80 Å². The second-order valence-corrected chi connectivity index (χ2v) is 6.79. The number of carbonyl (C=O) groups is 1. The van der Waals surface area contributed by atoms with Crippen LogP contribution in [0.3, 0.4) is 0 Å². The minimum absolute atomic E-state index is 0.107. The number of hydrogen-bond donors (Lipinski definition) is 0. The van der Waals surface area contributed by atoms with Gasteiger partial charge in [0.1, 0.15) is 11.9 Å². The third-order valence-corrected chi connectivity index (χ3v) is 4.39. The number of morpholine rings is 1.